The monoisotopic (exact) mass is 274 g/mol. The van der Waals surface area contributed by atoms with Crippen molar-refractivity contribution < 1.29 is 9.67 Å². The van der Waals surface area contributed by atoms with Crippen LogP contribution in [0.2, 0.25) is 0 Å². The first-order chi connectivity index (χ1) is 9.26. The van der Waals surface area contributed by atoms with Crippen molar-refractivity contribution in [3.05, 3.63) is 47.5 Å². The molecule has 0 atom stereocenters. The summed E-state index contributed by atoms with van der Waals surface area (Å²) in [5, 5.41) is 10.0. The van der Waals surface area contributed by atoms with E-state index >= 15 is 0 Å². The fourth-order valence-electron chi connectivity index (χ4n) is 2.22. The zero-order chi connectivity index (χ0) is 13.2. The average molecular weight is 274 g/mol. The molecule has 5 heteroatoms. The number of aryl methyl sites for hydroxylation is 1. The highest BCUT2D eigenvalue weighted by Crippen LogP contribution is 2.24. The van der Waals surface area contributed by atoms with E-state index in [1.807, 2.05) is 30.2 Å². The maximum Gasteiger partial charge on any atom is 0.244 e. The molecule has 0 aliphatic carbocycles. The lowest BCUT2D eigenvalue weighted by Gasteiger charge is -1.99. The number of imidazole rings is 1. The topological polar surface area (TPSA) is 41.9 Å². The van der Waals surface area contributed by atoms with Crippen LogP contribution in [0.3, 0.4) is 0 Å². The molecule has 0 amide bonds. The summed E-state index contributed by atoms with van der Waals surface area (Å²) >= 11 is 1.73. The van der Waals surface area contributed by atoms with Gasteiger partial charge in [-0.2, -0.15) is 0 Å². The van der Waals surface area contributed by atoms with Gasteiger partial charge in [0.1, 0.15) is 25.5 Å². The number of nitrogens with zero attached hydrogens (tertiary/aromatic N) is 3. The predicted molar refractivity (Wildman–Crippen MR) is 75.2 cm³/mol. The van der Waals surface area contributed by atoms with Crippen LogP contribution >= 0.6 is 11.3 Å². The van der Waals surface area contributed by atoms with E-state index in [9.17, 15) is 0 Å². The van der Waals surface area contributed by atoms with Crippen molar-refractivity contribution in [2.24, 2.45) is 0 Å². The molecule has 98 valence electrons. The Kier molecular flexibility index (Phi) is 3.31. The molecule has 0 saturated heterocycles. The van der Waals surface area contributed by atoms with Crippen molar-refractivity contribution in [1.29, 1.82) is 0 Å². The minimum Gasteiger partial charge on any atom is -0.392 e. The SMILES string of the molecule is Cc1nc2c(C[n+]3ccn(CCO)c3)cccc2s1. The van der Waals surface area contributed by atoms with Crippen LogP contribution in [0.25, 0.3) is 10.2 Å². The van der Waals surface area contributed by atoms with Crippen LogP contribution < -0.4 is 4.57 Å². The van der Waals surface area contributed by atoms with Gasteiger partial charge in [0, 0.05) is 5.56 Å². The molecule has 0 fully saturated rings. The predicted octanol–water partition coefficient (Wildman–Crippen LogP) is 1.73. The molecule has 0 radical (unpaired) electrons. The fourth-order valence-corrected chi connectivity index (χ4v) is 3.10. The molecule has 0 saturated carbocycles. The van der Waals surface area contributed by atoms with E-state index in [1.165, 1.54) is 10.3 Å². The van der Waals surface area contributed by atoms with Crippen molar-refractivity contribution in [2.45, 2.75) is 20.0 Å². The number of aliphatic hydroxyl groups excluding tert-OH is 1. The van der Waals surface area contributed by atoms with Crippen LogP contribution in [0.15, 0.2) is 36.9 Å². The molecule has 1 N–H and O–H groups in total. The van der Waals surface area contributed by atoms with Crippen molar-refractivity contribution in [2.75, 3.05) is 6.61 Å². The first-order valence-corrected chi connectivity index (χ1v) is 7.08. The van der Waals surface area contributed by atoms with E-state index in [-0.39, 0.29) is 6.61 Å². The molecule has 2 aromatic heterocycles. The number of hydrogen-bond acceptors (Lipinski definition) is 3. The van der Waals surface area contributed by atoms with Gasteiger partial charge in [-0.15, -0.1) is 11.3 Å². The average Bonchev–Trinajstić information content (AvgIpc) is 2.96. The minimum atomic E-state index is 0.162. The van der Waals surface area contributed by atoms with E-state index in [0.29, 0.717) is 6.54 Å². The molecular formula is C14H16N3OS+. The summed E-state index contributed by atoms with van der Waals surface area (Å²) in [5.74, 6) is 0. The third kappa shape index (κ3) is 2.52. The lowest BCUT2D eigenvalue weighted by molar-refractivity contribution is -0.687. The van der Waals surface area contributed by atoms with E-state index in [4.69, 9.17) is 5.11 Å². The smallest absolute Gasteiger partial charge is 0.244 e. The first-order valence-electron chi connectivity index (χ1n) is 6.27. The van der Waals surface area contributed by atoms with Crippen LogP contribution in [0, 0.1) is 6.92 Å². The third-order valence-electron chi connectivity index (χ3n) is 3.07. The Balaban J connectivity index is 1.91. The number of thiazole rings is 1. The summed E-state index contributed by atoms with van der Waals surface area (Å²) in [6.45, 7) is 3.64. The maximum absolute atomic E-state index is 8.92. The van der Waals surface area contributed by atoms with Crippen LogP contribution in [-0.2, 0) is 13.1 Å². The van der Waals surface area contributed by atoms with Crippen molar-refractivity contribution in [1.82, 2.24) is 9.55 Å². The van der Waals surface area contributed by atoms with Gasteiger partial charge in [0.15, 0.2) is 0 Å². The highest BCUT2D eigenvalue weighted by molar-refractivity contribution is 7.18. The summed E-state index contributed by atoms with van der Waals surface area (Å²) in [7, 11) is 0. The molecule has 0 bridgehead atoms. The Morgan fingerprint density at radius 3 is 3.16 bits per heavy atom. The molecule has 1 aromatic carbocycles. The van der Waals surface area contributed by atoms with E-state index < -0.39 is 0 Å². The Hall–Kier alpha value is -1.72. The van der Waals surface area contributed by atoms with Crippen LogP contribution in [-0.4, -0.2) is 21.3 Å². The third-order valence-corrected chi connectivity index (χ3v) is 4.00. The minimum absolute atomic E-state index is 0.162. The Morgan fingerprint density at radius 1 is 1.42 bits per heavy atom. The lowest BCUT2D eigenvalue weighted by atomic mass is 10.2. The molecule has 4 nitrogen and oxygen atoms in total. The standard InChI is InChI=1S/C14H16N3OS/c1-11-15-14-12(3-2-4-13(14)19-11)9-17-6-5-16(10-17)7-8-18/h2-6,10,18H,7-9H2,1H3/q+1. The van der Waals surface area contributed by atoms with Gasteiger partial charge < -0.3 is 5.11 Å². The molecule has 0 aliphatic heterocycles. The molecule has 3 aromatic rings. The number of fused-ring (bicyclic) bond motifs is 1. The molecule has 19 heavy (non-hydrogen) atoms. The van der Waals surface area contributed by atoms with Crippen LogP contribution in [0.4, 0.5) is 0 Å². The van der Waals surface area contributed by atoms with Gasteiger partial charge in [0.25, 0.3) is 0 Å². The number of para-hydroxylation sites is 1. The van der Waals surface area contributed by atoms with Gasteiger partial charge >= 0.3 is 0 Å². The molecule has 2 heterocycles. The zero-order valence-corrected chi connectivity index (χ0v) is 11.6. The first kappa shape index (κ1) is 12.3. The van der Waals surface area contributed by atoms with Gasteiger partial charge in [0.2, 0.25) is 6.33 Å². The molecule has 0 spiro atoms. The number of hydrogen-bond donors (Lipinski definition) is 1. The van der Waals surface area contributed by atoms with Gasteiger partial charge in [-0.05, 0) is 13.0 Å². The van der Waals surface area contributed by atoms with E-state index in [2.05, 4.69) is 27.8 Å². The van der Waals surface area contributed by atoms with Crippen LogP contribution in [0.1, 0.15) is 10.6 Å². The lowest BCUT2D eigenvalue weighted by Crippen LogP contribution is -2.31. The molecule has 3 rings (SSSR count). The summed E-state index contributed by atoms with van der Waals surface area (Å²) in [4.78, 5) is 4.61. The van der Waals surface area contributed by atoms with Crippen molar-refractivity contribution in [3.8, 4) is 0 Å². The van der Waals surface area contributed by atoms with Gasteiger partial charge in [-0.3, -0.25) is 0 Å². The van der Waals surface area contributed by atoms with Gasteiger partial charge in [0.05, 0.1) is 21.8 Å². The largest absolute Gasteiger partial charge is 0.392 e. The summed E-state index contributed by atoms with van der Waals surface area (Å²) in [6, 6.07) is 6.32. The highest BCUT2D eigenvalue weighted by atomic mass is 32.1. The Morgan fingerprint density at radius 2 is 2.32 bits per heavy atom. The fraction of sp³-hybridized carbons (Fsp3) is 0.286. The number of aliphatic hydroxyl groups is 1. The molecule has 0 unspecified atom stereocenters. The second-order valence-corrected chi connectivity index (χ2v) is 5.78. The number of benzene rings is 1. The zero-order valence-electron chi connectivity index (χ0n) is 10.8. The van der Waals surface area contributed by atoms with E-state index in [1.54, 1.807) is 11.3 Å². The van der Waals surface area contributed by atoms with Gasteiger partial charge in [-0.1, -0.05) is 12.1 Å². The van der Waals surface area contributed by atoms with E-state index in [0.717, 1.165) is 17.1 Å². The Bertz CT molecular complexity index is 702. The van der Waals surface area contributed by atoms with Crippen LogP contribution in [0.5, 0.6) is 0 Å². The second-order valence-electron chi connectivity index (χ2n) is 4.54. The highest BCUT2D eigenvalue weighted by Gasteiger charge is 2.09. The quantitative estimate of drug-likeness (QED) is 0.736. The number of aromatic nitrogens is 3. The normalized spacial score (nSPS) is 11.3. The molecular weight excluding hydrogens is 258 g/mol. The maximum atomic E-state index is 8.92. The second kappa shape index (κ2) is 5.11. The molecule has 0 aliphatic rings. The van der Waals surface area contributed by atoms with Gasteiger partial charge in [-0.25, -0.2) is 14.1 Å². The summed E-state index contributed by atoms with van der Waals surface area (Å²) in [5.41, 5.74) is 2.33. The summed E-state index contributed by atoms with van der Waals surface area (Å²) < 4.78 is 5.33. The Labute approximate surface area is 115 Å². The summed E-state index contributed by atoms with van der Waals surface area (Å²) in [6.07, 6.45) is 6.00. The van der Waals surface area contributed by atoms with Crippen molar-refractivity contribution in [3.63, 3.8) is 0 Å². The van der Waals surface area contributed by atoms with Crippen molar-refractivity contribution >= 4 is 21.6 Å². The number of rotatable bonds is 4.